The summed E-state index contributed by atoms with van der Waals surface area (Å²) in [5.41, 5.74) is 3.70. The van der Waals surface area contributed by atoms with Crippen molar-refractivity contribution in [3.05, 3.63) is 142 Å². The number of benzene rings is 6. The third-order valence-corrected chi connectivity index (χ3v) is 9.27. The van der Waals surface area contributed by atoms with Gasteiger partial charge in [0.15, 0.2) is 0 Å². The summed E-state index contributed by atoms with van der Waals surface area (Å²) in [6, 6.07) is 30.5. The Labute approximate surface area is 383 Å². The van der Waals surface area contributed by atoms with E-state index in [1.54, 1.807) is 36.4 Å². The quantitative estimate of drug-likeness (QED) is 0.0405. The molecule has 0 aliphatic carbocycles. The van der Waals surface area contributed by atoms with E-state index in [1.807, 2.05) is 39.8 Å². The standard InChI is InChI=1S/2C22H22N6O4.Co/c2*1-3-27(4-2)17-9-10-19(22(30)14-17)25-26-20-13-16(8-11-21(20)29)24-23-15-6-5-7-18(12-15)28(31)32;/h2*5-14,29-30H,3-4H2,1-2H3;. The van der Waals surface area contributed by atoms with Crippen LogP contribution in [0.5, 0.6) is 23.0 Å². The van der Waals surface area contributed by atoms with Gasteiger partial charge in [0.25, 0.3) is 11.4 Å². The Morgan fingerprint density at radius 3 is 1.08 bits per heavy atom. The summed E-state index contributed by atoms with van der Waals surface area (Å²) >= 11 is 0. The summed E-state index contributed by atoms with van der Waals surface area (Å²) in [6.07, 6.45) is 0. The van der Waals surface area contributed by atoms with Gasteiger partial charge in [-0.05, 0) is 100 Å². The van der Waals surface area contributed by atoms with Gasteiger partial charge in [-0.3, -0.25) is 20.2 Å². The van der Waals surface area contributed by atoms with Gasteiger partial charge >= 0.3 is 0 Å². The van der Waals surface area contributed by atoms with Gasteiger partial charge in [0, 0.05) is 90.7 Å². The van der Waals surface area contributed by atoms with Gasteiger partial charge in [0.1, 0.15) is 45.7 Å². The van der Waals surface area contributed by atoms with Crippen LogP contribution >= 0.6 is 0 Å². The van der Waals surface area contributed by atoms with Crippen molar-refractivity contribution in [3.8, 4) is 23.0 Å². The summed E-state index contributed by atoms with van der Waals surface area (Å²) < 4.78 is 0. The van der Waals surface area contributed by atoms with Crippen molar-refractivity contribution < 1.29 is 47.1 Å². The molecule has 0 amide bonds. The second kappa shape index (κ2) is 23.9. The number of nitrogens with zero attached hydrogens (tertiary/aromatic N) is 12. The van der Waals surface area contributed by atoms with E-state index < -0.39 is 9.85 Å². The molecule has 0 heterocycles. The van der Waals surface area contributed by atoms with E-state index >= 15 is 0 Å². The molecule has 0 fully saturated rings. The van der Waals surface area contributed by atoms with Gasteiger partial charge in [-0.2, -0.15) is 20.5 Å². The third kappa shape index (κ3) is 13.9. The molecule has 65 heavy (non-hydrogen) atoms. The Balaban J connectivity index is 0.000000280. The van der Waals surface area contributed by atoms with E-state index in [-0.39, 0.29) is 73.9 Å². The maximum Gasteiger partial charge on any atom is 0.271 e. The van der Waals surface area contributed by atoms with E-state index in [4.69, 9.17) is 0 Å². The van der Waals surface area contributed by atoms with Crippen molar-refractivity contribution in [2.24, 2.45) is 40.9 Å². The molecule has 6 rings (SSSR count). The normalized spacial score (nSPS) is 11.1. The third-order valence-electron chi connectivity index (χ3n) is 9.27. The van der Waals surface area contributed by atoms with Crippen molar-refractivity contribution in [2.75, 3.05) is 36.0 Å². The molecular formula is C44H44CoN12O8. The molecule has 20 nitrogen and oxygen atoms in total. The molecule has 0 aliphatic rings. The minimum Gasteiger partial charge on any atom is -0.506 e. The van der Waals surface area contributed by atoms with E-state index in [0.717, 1.165) is 37.6 Å². The van der Waals surface area contributed by atoms with Crippen LogP contribution in [0.4, 0.5) is 68.2 Å². The molecule has 21 heteroatoms. The minimum absolute atomic E-state index is 0. The van der Waals surface area contributed by atoms with Gasteiger partial charge < -0.3 is 30.2 Å². The molecule has 337 valence electrons. The molecule has 0 unspecified atom stereocenters. The molecule has 6 aromatic rings. The number of hydrogen-bond acceptors (Lipinski definition) is 18. The first kappa shape index (κ1) is 49.5. The molecule has 0 bridgehead atoms. The van der Waals surface area contributed by atoms with E-state index in [2.05, 4.69) is 50.7 Å². The molecule has 0 aliphatic heterocycles. The Hall–Kier alpha value is -8.17. The van der Waals surface area contributed by atoms with Crippen LogP contribution in [0.25, 0.3) is 0 Å². The number of non-ortho nitro benzene ring substituents is 2. The van der Waals surface area contributed by atoms with Crippen LogP contribution in [-0.4, -0.2) is 56.5 Å². The maximum atomic E-state index is 10.9. The summed E-state index contributed by atoms with van der Waals surface area (Å²) in [5, 5.41) is 94.6. The molecule has 0 spiro atoms. The fourth-order valence-corrected chi connectivity index (χ4v) is 5.86. The van der Waals surface area contributed by atoms with Crippen molar-refractivity contribution >= 4 is 68.2 Å². The van der Waals surface area contributed by atoms with Crippen molar-refractivity contribution in [1.29, 1.82) is 0 Å². The second-order valence-electron chi connectivity index (χ2n) is 13.4. The number of hydrogen-bond donors (Lipinski definition) is 4. The van der Waals surface area contributed by atoms with Crippen LogP contribution in [0.3, 0.4) is 0 Å². The van der Waals surface area contributed by atoms with Crippen molar-refractivity contribution in [1.82, 2.24) is 0 Å². The van der Waals surface area contributed by atoms with E-state index in [0.29, 0.717) is 22.7 Å². The summed E-state index contributed by atoms with van der Waals surface area (Å²) in [5.74, 6) is -0.303. The predicted molar refractivity (Wildman–Crippen MR) is 242 cm³/mol. The number of anilines is 2. The molecule has 1 radical (unpaired) electrons. The zero-order valence-corrected chi connectivity index (χ0v) is 36.5. The zero-order chi connectivity index (χ0) is 46.2. The van der Waals surface area contributed by atoms with Crippen LogP contribution in [0.2, 0.25) is 0 Å². The SMILES string of the molecule is CCN(CC)c1ccc(N=Nc2cc(N=Nc3cccc([N+](=O)[O-])c3)ccc2O)c(O)c1.CCN(CC)c1ccc(N=Nc2cc(N=Nc3cccc([N+](=O)[O-])c3)ccc2O)c(O)c1.[Co]. The van der Waals surface area contributed by atoms with E-state index in [1.165, 1.54) is 72.8 Å². The number of nitro benzene ring substituents is 2. The molecule has 0 atom stereocenters. The van der Waals surface area contributed by atoms with Crippen LogP contribution in [0.15, 0.2) is 162 Å². The first-order valence-electron chi connectivity index (χ1n) is 19.8. The largest absolute Gasteiger partial charge is 0.506 e. The predicted octanol–water partition coefficient (Wildman–Crippen LogP) is 13.4. The molecule has 0 saturated heterocycles. The van der Waals surface area contributed by atoms with Gasteiger partial charge in [-0.1, -0.05) is 12.1 Å². The fraction of sp³-hybridized carbons (Fsp3) is 0.182. The van der Waals surface area contributed by atoms with Gasteiger partial charge in [0.2, 0.25) is 0 Å². The Kier molecular flexibility index (Phi) is 18.2. The molecular weight excluding hydrogens is 883 g/mol. The summed E-state index contributed by atoms with van der Waals surface area (Å²) in [7, 11) is 0. The smallest absolute Gasteiger partial charge is 0.271 e. The zero-order valence-electron chi connectivity index (χ0n) is 35.5. The molecule has 0 aromatic heterocycles. The van der Waals surface area contributed by atoms with Crippen LogP contribution in [0, 0.1) is 20.2 Å². The summed E-state index contributed by atoms with van der Waals surface area (Å²) in [4.78, 5) is 24.9. The number of rotatable bonds is 16. The average molecular weight is 928 g/mol. The average Bonchev–Trinajstić information content (AvgIpc) is 3.29. The number of nitro groups is 2. The molecule has 6 aromatic carbocycles. The topological polar surface area (TPSA) is 273 Å². The molecule has 4 N–H and O–H groups in total. The number of azo groups is 4. The summed E-state index contributed by atoms with van der Waals surface area (Å²) in [6.45, 7) is 11.3. The first-order chi connectivity index (χ1) is 30.8. The fourth-order valence-electron chi connectivity index (χ4n) is 5.86. The van der Waals surface area contributed by atoms with Crippen LogP contribution in [-0.2, 0) is 16.8 Å². The van der Waals surface area contributed by atoms with Gasteiger partial charge in [-0.25, -0.2) is 0 Å². The Morgan fingerprint density at radius 2 is 0.754 bits per heavy atom. The van der Waals surface area contributed by atoms with Gasteiger partial charge in [-0.15, -0.1) is 20.5 Å². The van der Waals surface area contributed by atoms with Crippen LogP contribution < -0.4 is 9.80 Å². The molecule has 0 saturated carbocycles. The second-order valence-corrected chi connectivity index (χ2v) is 13.4. The number of phenolic OH excluding ortho intramolecular Hbond substituents is 4. The first-order valence-corrected chi connectivity index (χ1v) is 19.8. The minimum atomic E-state index is -0.512. The maximum absolute atomic E-state index is 10.9. The Bertz CT molecular complexity index is 2540. The number of phenols is 4. The van der Waals surface area contributed by atoms with Crippen LogP contribution in [0.1, 0.15) is 27.7 Å². The van der Waals surface area contributed by atoms with Crippen molar-refractivity contribution in [3.63, 3.8) is 0 Å². The van der Waals surface area contributed by atoms with Crippen molar-refractivity contribution in [2.45, 2.75) is 27.7 Å². The monoisotopic (exact) mass is 927 g/mol. The van der Waals surface area contributed by atoms with E-state index in [9.17, 15) is 40.7 Å². The Morgan fingerprint density at radius 1 is 0.415 bits per heavy atom. The number of aromatic hydroxyl groups is 4. The van der Waals surface area contributed by atoms with Gasteiger partial charge in [0.05, 0.1) is 32.6 Å².